The standard InChI is InChI=1S/C55H35N3S/c1-4-13-36(14-5-1)39-25-29-41(30-26-39)53-56-54(45-32-28-40-27-31-43(34-46(40)35-45)38-17-8-3-9-18-38)58-55(57-53)49-23-12-24-50-51(49)48-22-11-21-47(52(48)59-50)44-20-10-19-42(33-44)37-15-6-2-7-16-37/h1-35H. The maximum atomic E-state index is 5.30. The number of fused-ring (bicyclic) bond motifs is 4. The Morgan fingerprint density at radius 2 is 0.763 bits per heavy atom. The molecule has 59 heavy (non-hydrogen) atoms. The fourth-order valence-corrected chi connectivity index (χ4v) is 9.42. The van der Waals surface area contributed by atoms with Gasteiger partial charge in [0.1, 0.15) is 0 Å². The molecule has 0 aliphatic rings. The Balaban J connectivity index is 1.08. The second-order valence-corrected chi connectivity index (χ2v) is 15.9. The van der Waals surface area contributed by atoms with Gasteiger partial charge >= 0.3 is 0 Å². The first kappa shape index (κ1) is 34.7. The molecule has 2 aromatic heterocycles. The number of thiophene rings is 1. The topological polar surface area (TPSA) is 38.7 Å². The van der Waals surface area contributed by atoms with Gasteiger partial charge in [0.2, 0.25) is 0 Å². The number of rotatable bonds is 7. The predicted molar refractivity (Wildman–Crippen MR) is 248 cm³/mol. The molecule has 4 heteroatoms. The molecule has 0 radical (unpaired) electrons. The summed E-state index contributed by atoms with van der Waals surface area (Å²) in [6, 6.07) is 75.2. The van der Waals surface area contributed by atoms with Crippen LogP contribution in [0.4, 0.5) is 0 Å². The molecule has 0 spiro atoms. The van der Waals surface area contributed by atoms with Gasteiger partial charge in [0.15, 0.2) is 17.5 Å². The van der Waals surface area contributed by atoms with Crippen LogP contribution in [0.3, 0.4) is 0 Å². The Labute approximate surface area is 346 Å². The van der Waals surface area contributed by atoms with Gasteiger partial charge in [-0.15, -0.1) is 11.3 Å². The second-order valence-electron chi connectivity index (χ2n) is 14.8. The first-order valence-electron chi connectivity index (χ1n) is 19.8. The average Bonchev–Trinajstić information content (AvgIpc) is 3.71. The van der Waals surface area contributed by atoms with Crippen molar-refractivity contribution in [3.8, 4) is 78.7 Å². The smallest absolute Gasteiger partial charge is 0.164 e. The summed E-state index contributed by atoms with van der Waals surface area (Å²) in [6.45, 7) is 0. The first-order chi connectivity index (χ1) is 29.2. The normalized spacial score (nSPS) is 11.4. The van der Waals surface area contributed by atoms with Crippen molar-refractivity contribution in [2.45, 2.75) is 0 Å². The molecule has 2 heterocycles. The highest BCUT2D eigenvalue weighted by molar-refractivity contribution is 7.26. The zero-order chi connectivity index (χ0) is 39.1. The average molecular weight is 770 g/mol. The van der Waals surface area contributed by atoms with E-state index >= 15 is 0 Å². The van der Waals surface area contributed by atoms with Crippen LogP contribution in [0.15, 0.2) is 212 Å². The molecule has 0 amide bonds. The molecular formula is C55H35N3S. The number of hydrogen-bond donors (Lipinski definition) is 0. The van der Waals surface area contributed by atoms with Crippen molar-refractivity contribution in [2.75, 3.05) is 0 Å². The summed E-state index contributed by atoms with van der Waals surface area (Å²) < 4.78 is 2.44. The van der Waals surface area contributed by atoms with Crippen LogP contribution in [0.25, 0.3) is 110 Å². The highest BCUT2D eigenvalue weighted by Gasteiger charge is 2.19. The van der Waals surface area contributed by atoms with Gasteiger partial charge in [0.25, 0.3) is 0 Å². The van der Waals surface area contributed by atoms with E-state index < -0.39 is 0 Å². The Hall–Kier alpha value is -7.53. The molecular weight excluding hydrogens is 735 g/mol. The molecule has 0 saturated carbocycles. The van der Waals surface area contributed by atoms with Crippen LogP contribution in [0.1, 0.15) is 0 Å². The molecule has 9 aromatic carbocycles. The van der Waals surface area contributed by atoms with Crippen molar-refractivity contribution >= 4 is 42.3 Å². The van der Waals surface area contributed by atoms with Gasteiger partial charge in [0.05, 0.1) is 0 Å². The lowest BCUT2D eigenvalue weighted by Crippen LogP contribution is -2.00. The summed E-state index contributed by atoms with van der Waals surface area (Å²) in [4.78, 5) is 15.7. The van der Waals surface area contributed by atoms with Crippen molar-refractivity contribution < 1.29 is 0 Å². The highest BCUT2D eigenvalue weighted by atomic mass is 32.1. The molecule has 0 aliphatic heterocycles. The lowest BCUT2D eigenvalue weighted by molar-refractivity contribution is 1.08. The van der Waals surface area contributed by atoms with Crippen molar-refractivity contribution in [3.05, 3.63) is 212 Å². The van der Waals surface area contributed by atoms with Gasteiger partial charge in [0, 0.05) is 36.9 Å². The van der Waals surface area contributed by atoms with Crippen LogP contribution in [-0.4, -0.2) is 15.0 Å². The van der Waals surface area contributed by atoms with Crippen LogP contribution >= 0.6 is 11.3 Å². The summed E-state index contributed by atoms with van der Waals surface area (Å²) in [5.41, 5.74) is 12.4. The van der Waals surface area contributed by atoms with Crippen molar-refractivity contribution in [1.29, 1.82) is 0 Å². The highest BCUT2D eigenvalue weighted by Crippen LogP contribution is 2.44. The van der Waals surface area contributed by atoms with Crippen LogP contribution < -0.4 is 0 Å². The van der Waals surface area contributed by atoms with Crippen LogP contribution in [0.5, 0.6) is 0 Å². The molecule has 11 aromatic rings. The minimum atomic E-state index is 0.637. The van der Waals surface area contributed by atoms with E-state index in [1.165, 1.54) is 59.1 Å². The Kier molecular flexibility index (Phi) is 8.68. The molecule has 0 bridgehead atoms. The third-order valence-electron chi connectivity index (χ3n) is 11.1. The molecule has 3 nitrogen and oxygen atoms in total. The van der Waals surface area contributed by atoms with E-state index in [-0.39, 0.29) is 0 Å². The number of benzene rings is 9. The van der Waals surface area contributed by atoms with E-state index in [1.807, 2.05) is 17.4 Å². The van der Waals surface area contributed by atoms with Crippen LogP contribution in [-0.2, 0) is 0 Å². The SMILES string of the molecule is c1ccc(-c2ccc(-c3nc(-c4ccc5ccc(-c6ccccc6)cc5c4)nc(-c4cccc5sc6c(-c7cccc(-c8ccccc8)c7)cccc6c45)n3)cc2)cc1. The summed E-state index contributed by atoms with van der Waals surface area (Å²) in [5, 5.41) is 4.65. The van der Waals surface area contributed by atoms with Crippen molar-refractivity contribution in [3.63, 3.8) is 0 Å². The maximum Gasteiger partial charge on any atom is 0.164 e. The van der Waals surface area contributed by atoms with E-state index in [9.17, 15) is 0 Å². The zero-order valence-electron chi connectivity index (χ0n) is 32.0. The first-order valence-corrected chi connectivity index (χ1v) is 20.7. The van der Waals surface area contributed by atoms with E-state index in [2.05, 4.69) is 206 Å². The lowest BCUT2D eigenvalue weighted by Gasteiger charge is -2.11. The summed E-state index contributed by atoms with van der Waals surface area (Å²) in [7, 11) is 0. The monoisotopic (exact) mass is 769 g/mol. The number of nitrogens with zero attached hydrogens (tertiary/aromatic N) is 3. The predicted octanol–water partition coefficient (Wildman–Crippen LogP) is 15.1. The number of hydrogen-bond acceptors (Lipinski definition) is 4. The van der Waals surface area contributed by atoms with Crippen LogP contribution in [0, 0.1) is 0 Å². The van der Waals surface area contributed by atoms with Gasteiger partial charge < -0.3 is 0 Å². The molecule has 276 valence electrons. The molecule has 11 rings (SSSR count). The minimum Gasteiger partial charge on any atom is -0.208 e. The Morgan fingerprint density at radius 3 is 1.47 bits per heavy atom. The van der Waals surface area contributed by atoms with Gasteiger partial charge in [-0.25, -0.2) is 15.0 Å². The van der Waals surface area contributed by atoms with Gasteiger partial charge in [-0.2, -0.15) is 0 Å². The van der Waals surface area contributed by atoms with Gasteiger partial charge in [-0.3, -0.25) is 0 Å². The van der Waals surface area contributed by atoms with Crippen molar-refractivity contribution in [1.82, 2.24) is 15.0 Å². The molecule has 0 saturated heterocycles. The molecule has 0 unspecified atom stereocenters. The Morgan fingerprint density at radius 1 is 0.288 bits per heavy atom. The minimum absolute atomic E-state index is 0.637. The Bertz CT molecular complexity index is 3300. The second kappa shape index (κ2) is 14.8. The quantitative estimate of drug-likeness (QED) is 0.162. The molecule has 0 fully saturated rings. The fourth-order valence-electron chi connectivity index (χ4n) is 8.15. The molecule has 0 N–H and O–H groups in total. The van der Waals surface area contributed by atoms with Crippen molar-refractivity contribution in [2.24, 2.45) is 0 Å². The lowest BCUT2D eigenvalue weighted by atomic mass is 9.97. The van der Waals surface area contributed by atoms with Crippen LogP contribution in [0.2, 0.25) is 0 Å². The third kappa shape index (κ3) is 6.56. The summed E-state index contributed by atoms with van der Waals surface area (Å²) in [5.74, 6) is 1.92. The van der Waals surface area contributed by atoms with Gasteiger partial charge in [-0.05, 0) is 79.5 Å². The summed E-state index contributed by atoms with van der Waals surface area (Å²) >= 11 is 1.82. The van der Waals surface area contributed by atoms with Gasteiger partial charge in [-0.1, -0.05) is 188 Å². The molecule has 0 atom stereocenters. The largest absolute Gasteiger partial charge is 0.208 e. The van der Waals surface area contributed by atoms with E-state index in [4.69, 9.17) is 15.0 Å². The molecule has 0 aliphatic carbocycles. The fraction of sp³-hybridized carbons (Fsp3) is 0. The summed E-state index contributed by atoms with van der Waals surface area (Å²) in [6.07, 6.45) is 0. The number of aromatic nitrogens is 3. The van der Waals surface area contributed by atoms with E-state index in [0.29, 0.717) is 17.5 Å². The third-order valence-corrected chi connectivity index (χ3v) is 12.3. The maximum absolute atomic E-state index is 5.30. The van der Waals surface area contributed by atoms with E-state index in [1.54, 1.807) is 0 Å². The zero-order valence-corrected chi connectivity index (χ0v) is 32.8. The van der Waals surface area contributed by atoms with E-state index in [0.717, 1.165) is 33.0 Å².